The standard InChI is InChI=1S/C12H12F3NO4/c1-7(17)16(12(13,14)15)8-4-5-9(11(18)20-3)10(6-8)19-2/h4-6H,1-3H3. The van der Waals surface area contributed by atoms with Crippen molar-refractivity contribution in [2.24, 2.45) is 0 Å². The summed E-state index contributed by atoms with van der Waals surface area (Å²) >= 11 is 0. The van der Waals surface area contributed by atoms with Crippen LogP contribution in [0.15, 0.2) is 18.2 Å². The third-order valence-electron chi connectivity index (χ3n) is 2.42. The number of carbonyl (C=O) groups excluding carboxylic acids is 2. The van der Waals surface area contributed by atoms with E-state index in [0.717, 1.165) is 32.2 Å². The minimum atomic E-state index is -4.87. The number of hydrogen-bond donors (Lipinski definition) is 0. The lowest BCUT2D eigenvalue weighted by atomic mass is 10.1. The average Bonchev–Trinajstić information content (AvgIpc) is 2.35. The highest BCUT2D eigenvalue weighted by Gasteiger charge is 2.41. The Hall–Kier alpha value is -2.25. The molecule has 1 amide bonds. The topological polar surface area (TPSA) is 55.8 Å². The summed E-state index contributed by atoms with van der Waals surface area (Å²) in [5.74, 6) is -2.08. The van der Waals surface area contributed by atoms with Gasteiger partial charge >= 0.3 is 12.3 Å². The van der Waals surface area contributed by atoms with E-state index in [1.54, 1.807) is 0 Å². The molecule has 0 aliphatic rings. The van der Waals surface area contributed by atoms with E-state index in [9.17, 15) is 22.8 Å². The van der Waals surface area contributed by atoms with Crippen molar-refractivity contribution in [3.63, 3.8) is 0 Å². The van der Waals surface area contributed by atoms with E-state index in [1.807, 2.05) is 0 Å². The number of carbonyl (C=O) groups is 2. The Balaban J connectivity index is 3.34. The summed E-state index contributed by atoms with van der Waals surface area (Å²) in [6.45, 7) is 0.786. The van der Waals surface area contributed by atoms with Gasteiger partial charge in [0.2, 0.25) is 5.91 Å². The molecule has 0 radical (unpaired) electrons. The molecule has 0 bridgehead atoms. The molecule has 20 heavy (non-hydrogen) atoms. The smallest absolute Gasteiger partial charge is 0.491 e. The monoisotopic (exact) mass is 291 g/mol. The minimum Gasteiger partial charge on any atom is -0.496 e. The van der Waals surface area contributed by atoms with Crippen LogP contribution in [0, 0.1) is 0 Å². The van der Waals surface area contributed by atoms with Gasteiger partial charge in [-0.25, -0.2) is 9.69 Å². The van der Waals surface area contributed by atoms with Gasteiger partial charge < -0.3 is 9.47 Å². The fourth-order valence-corrected chi connectivity index (χ4v) is 1.60. The number of ether oxygens (including phenoxy) is 2. The summed E-state index contributed by atoms with van der Waals surface area (Å²) in [6, 6.07) is 3.03. The fraction of sp³-hybridized carbons (Fsp3) is 0.333. The lowest BCUT2D eigenvalue weighted by molar-refractivity contribution is -0.148. The van der Waals surface area contributed by atoms with E-state index < -0.39 is 23.9 Å². The van der Waals surface area contributed by atoms with Crippen LogP contribution in [0.5, 0.6) is 5.75 Å². The van der Waals surface area contributed by atoms with Crippen LogP contribution in [0.3, 0.4) is 0 Å². The van der Waals surface area contributed by atoms with Crippen LogP contribution in [0.25, 0.3) is 0 Å². The van der Waals surface area contributed by atoms with Gasteiger partial charge in [0.05, 0.1) is 19.9 Å². The largest absolute Gasteiger partial charge is 0.496 e. The Kier molecular flexibility index (Phi) is 4.59. The third-order valence-corrected chi connectivity index (χ3v) is 2.42. The van der Waals surface area contributed by atoms with Crippen LogP contribution in [0.4, 0.5) is 18.9 Å². The number of rotatable bonds is 3. The maximum absolute atomic E-state index is 12.8. The minimum absolute atomic E-state index is 0.0376. The van der Waals surface area contributed by atoms with Gasteiger partial charge in [-0.1, -0.05) is 0 Å². The number of alkyl halides is 3. The van der Waals surface area contributed by atoms with Crippen molar-refractivity contribution in [3.05, 3.63) is 23.8 Å². The Bertz CT molecular complexity index is 528. The molecule has 0 heterocycles. The first-order valence-corrected chi connectivity index (χ1v) is 5.36. The second-order valence-electron chi connectivity index (χ2n) is 3.70. The Morgan fingerprint density at radius 3 is 2.20 bits per heavy atom. The molecule has 0 aromatic heterocycles. The zero-order valence-electron chi connectivity index (χ0n) is 10.9. The van der Waals surface area contributed by atoms with Gasteiger partial charge in [0.25, 0.3) is 0 Å². The van der Waals surface area contributed by atoms with Crippen LogP contribution >= 0.6 is 0 Å². The molecule has 8 heteroatoms. The van der Waals surface area contributed by atoms with Crippen LogP contribution < -0.4 is 9.64 Å². The summed E-state index contributed by atoms with van der Waals surface area (Å²) in [7, 11) is 2.32. The predicted octanol–water partition coefficient (Wildman–Crippen LogP) is 2.35. The lowest BCUT2D eigenvalue weighted by Gasteiger charge is -2.24. The van der Waals surface area contributed by atoms with E-state index in [1.165, 1.54) is 7.11 Å². The maximum Gasteiger partial charge on any atom is 0.491 e. The van der Waals surface area contributed by atoms with Crippen molar-refractivity contribution in [1.29, 1.82) is 0 Å². The Morgan fingerprint density at radius 1 is 1.20 bits per heavy atom. The zero-order chi connectivity index (χ0) is 15.5. The van der Waals surface area contributed by atoms with Crippen molar-refractivity contribution in [3.8, 4) is 5.75 Å². The molecule has 110 valence electrons. The van der Waals surface area contributed by atoms with Gasteiger partial charge in [0.1, 0.15) is 11.3 Å². The molecule has 1 rings (SSSR count). The molecular weight excluding hydrogens is 279 g/mol. The number of esters is 1. The molecule has 0 spiro atoms. The molecule has 0 aliphatic heterocycles. The van der Waals surface area contributed by atoms with Gasteiger partial charge in [-0.3, -0.25) is 4.79 Å². The number of anilines is 1. The molecule has 1 aromatic rings. The average molecular weight is 291 g/mol. The van der Waals surface area contributed by atoms with Crippen molar-refractivity contribution >= 4 is 17.6 Å². The Morgan fingerprint density at radius 2 is 1.80 bits per heavy atom. The van der Waals surface area contributed by atoms with Gasteiger partial charge in [-0.05, 0) is 12.1 Å². The maximum atomic E-state index is 12.8. The molecule has 0 aliphatic carbocycles. The van der Waals surface area contributed by atoms with E-state index in [-0.39, 0.29) is 16.2 Å². The fourth-order valence-electron chi connectivity index (χ4n) is 1.60. The number of methoxy groups -OCH3 is 2. The summed E-state index contributed by atoms with van der Waals surface area (Å²) in [5.41, 5.74) is -0.487. The molecule has 0 saturated heterocycles. The first-order valence-electron chi connectivity index (χ1n) is 5.36. The second-order valence-corrected chi connectivity index (χ2v) is 3.70. The predicted molar refractivity (Wildman–Crippen MR) is 63.5 cm³/mol. The number of benzene rings is 1. The number of amides is 1. The van der Waals surface area contributed by atoms with E-state index in [0.29, 0.717) is 0 Å². The summed E-state index contributed by atoms with van der Waals surface area (Å²) in [4.78, 5) is 22.2. The van der Waals surface area contributed by atoms with Gasteiger partial charge in [0, 0.05) is 13.0 Å². The molecule has 1 aromatic carbocycles. The number of nitrogens with zero attached hydrogens (tertiary/aromatic N) is 1. The molecule has 0 fully saturated rings. The quantitative estimate of drug-likeness (QED) is 0.633. The highest BCUT2D eigenvalue weighted by Crippen LogP contribution is 2.32. The summed E-state index contributed by atoms with van der Waals surface area (Å²) < 4.78 is 47.7. The summed E-state index contributed by atoms with van der Waals surface area (Å²) in [5, 5.41) is 0. The molecule has 0 saturated carbocycles. The third kappa shape index (κ3) is 3.19. The molecular formula is C12H12F3NO4. The van der Waals surface area contributed by atoms with Gasteiger partial charge in [0.15, 0.2) is 0 Å². The highest BCUT2D eigenvalue weighted by molar-refractivity contribution is 5.96. The molecule has 0 unspecified atom stereocenters. The van der Waals surface area contributed by atoms with E-state index >= 15 is 0 Å². The SMILES string of the molecule is COC(=O)c1ccc(N(C(C)=O)C(F)(F)F)cc1OC. The van der Waals surface area contributed by atoms with Crippen LogP contribution in [-0.2, 0) is 9.53 Å². The second kappa shape index (κ2) is 5.81. The van der Waals surface area contributed by atoms with E-state index in [4.69, 9.17) is 4.74 Å². The van der Waals surface area contributed by atoms with Gasteiger partial charge in [-0.2, -0.15) is 0 Å². The van der Waals surface area contributed by atoms with Crippen molar-refractivity contribution in [2.45, 2.75) is 13.2 Å². The first-order chi connectivity index (χ1) is 9.22. The van der Waals surface area contributed by atoms with Gasteiger partial charge in [-0.15, -0.1) is 13.2 Å². The molecule has 0 N–H and O–H groups in total. The number of halogens is 3. The lowest BCUT2D eigenvalue weighted by Crippen LogP contribution is -2.41. The van der Waals surface area contributed by atoms with Crippen molar-refractivity contribution in [2.75, 3.05) is 19.1 Å². The normalized spacial score (nSPS) is 10.9. The van der Waals surface area contributed by atoms with E-state index in [2.05, 4.69) is 4.74 Å². The summed E-state index contributed by atoms with van der Waals surface area (Å²) in [6.07, 6.45) is -4.87. The van der Waals surface area contributed by atoms with Crippen molar-refractivity contribution in [1.82, 2.24) is 0 Å². The molecule has 5 nitrogen and oxygen atoms in total. The molecule has 0 atom stereocenters. The Labute approximate surface area is 112 Å². The first kappa shape index (κ1) is 15.8. The van der Waals surface area contributed by atoms with Crippen molar-refractivity contribution < 1.29 is 32.2 Å². The van der Waals surface area contributed by atoms with Crippen LogP contribution in [-0.4, -0.2) is 32.4 Å². The van der Waals surface area contributed by atoms with Crippen LogP contribution in [0.1, 0.15) is 17.3 Å². The zero-order valence-corrected chi connectivity index (χ0v) is 10.9. The number of hydrogen-bond acceptors (Lipinski definition) is 4. The van der Waals surface area contributed by atoms with Crippen LogP contribution in [0.2, 0.25) is 0 Å². The highest BCUT2D eigenvalue weighted by atomic mass is 19.4.